The third kappa shape index (κ3) is 4.98. The third-order valence-corrected chi connectivity index (χ3v) is 5.43. The average molecular weight is 477 g/mol. The van der Waals surface area contributed by atoms with Crippen LogP contribution in [0.4, 0.5) is 0 Å². The number of ether oxygens (including phenoxy) is 2. The largest absolute Gasteiger partial charge is 0.464 e. The van der Waals surface area contributed by atoms with Crippen molar-refractivity contribution in [1.29, 1.82) is 0 Å². The van der Waals surface area contributed by atoms with Crippen molar-refractivity contribution in [3.63, 3.8) is 0 Å². The Morgan fingerprint density at radius 2 is 1.83 bits per heavy atom. The van der Waals surface area contributed by atoms with E-state index in [0.29, 0.717) is 23.9 Å². The minimum atomic E-state index is -1.36. The first-order chi connectivity index (χ1) is 16.8. The highest BCUT2D eigenvalue weighted by Gasteiger charge is 2.33. The fraction of sp³-hybridized carbons (Fsp3) is 0.320. The maximum Gasteiger partial charge on any atom is 0.357 e. The second kappa shape index (κ2) is 10.2. The highest BCUT2D eigenvalue weighted by molar-refractivity contribution is 5.90. The molecular formula is C25H28N6O4. The number of rotatable bonds is 9. The van der Waals surface area contributed by atoms with Crippen molar-refractivity contribution in [2.45, 2.75) is 39.4 Å². The summed E-state index contributed by atoms with van der Waals surface area (Å²) in [6, 6.07) is 15.4. The van der Waals surface area contributed by atoms with Gasteiger partial charge in [-0.15, -0.1) is 10.2 Å². The number of hydrogen-bond acceptors (Lipinski definition) is 8. The molecule has 0 radical (unpaired) electrons. The molecule has 4 rings (SSSR count). The molecule has 2 aromatic carbocycles. The lowest BCUT2D eigenvalue weighted by Crippen LogP contribution is -2.22. The van der Waals surface area contributed by atoms with E-state index in [0.717, 1.165) is 23.1 Å². The van der Waals surface area contributed by atoms with Gasteiger partial charge in [-0.25, -0.2) is 9.78 Å². The number of hydrogen-bond donors (Lipinski definition) is 2. The van der Waals surface area contributed by atoms with Crippen LogP contribution in [0.1, 0.15) is 49.2 Å². The Kier molecular flexibility index (Phi) is 7.04. The molecule has 0 unspecified atom stereocenters. The maximum atomic E-state index is 12.8. The number of benzene rings is 2. The van der Waals surface area contributed by atoms with Gasteiger partial charge in [0.15, 0.2) is 5.69 Å². The van der Waals surface area contributed by atoms with Crippen molar-refractivity contribution >= 4 is 5.97 Å². The Labute approximate surface area is 202 Å². The molecular weight excluding hydrogens is 448 g/mol. The van der Waals surface area contributed by atoms with Gasteiger partial charge >= 0.3 is 5.97 Å². The first kappa shape index (κ1) is 24.2. The molecule has 0 amide bonds. The predicted octanol–water partition coefficient (Wildman–Crippen LogP) is 3.66. The topological polar surface area (TPSA) is 128 Å². The zero-order valence-corrected chi connectivity index (χ0v) is 20.1. The minimum absolute atomic E-state index is 0.162. The summed E-state index contributed by atoms with van der Waals surface area (Å²) in [5.74, 6) is 0.399. The van der Waals surface area contributed by atoms with Crippen LogP contribution in [0.3, 0.4) is 0 Å². The van der Waals surface area contributed by atoms with Gasteiger partial charge in [-0.05, 0) is 48.7 Å². The molecule has 0 atom stereocenters. The zero-order valence-electron chi connectivity index (χ0n) is 20.1. The van der Waals surface area contributed by atoms with Crippen molar-refractivity contribution in [2.75, 3.05) is 13.7 Å². The van der Waals surface area contributed by atoms with E-state index in [1.807, 2.05) is 55.5 Å². The molecule has 4 aromatic rings. The quantitative estimate of drug-likeness (QED) is 0.277. The standard InChI is InChI=1S/C25H28N6O4/c1-5-14-35-15-20-26-22(25(2,3)33)21(24(32)34-4)31(20)17-12-10-16(11-13-17)18-8-6-7-9-19(18)23-27-29-30-28-23/h6-13,33H,5,14-15H2,1-4H3,(H,27,28,29,30). The van der Waals surface area contributed by atoms with E-state index >= 15 is 0 Å². The highest BCUT2D eigenvalue weighted by atomic mass is 16.5. The van der Waals surface area contributed by atoms with Crippen LogP contribution in [0.25, 0.3) is 28.2 Å². The fourth-order valence-corrected chi connectivity index (χ4v) is 3.86. The van der Waals surface area contributed by atoms with E-state index in [9.17, 15) is 9.90 Å². The van der Waals surface area contributed by atoms with E-state index in [2.05, 4.69) is 25.6 Å². The maximum absolute atomic E-state index is 12.8. The predicted molar refractivity (Wildman–Crippen MR) is 129 cm³/mol. The number of aromatic nitrogens is 6. The summed E-state index contributed by atoms with van der Waals surface area (Å²) in [4.78, 5) is 17.4. The van der Waals surface area contributed by atoms with Crippen LogP contribution in [-0.2, 0) is 21.7 Å². The lowest BCUT2D eigenvalue weighted by atomic mass is 9.99. The van der Waals surface area contributed by atoms with Crippen LogP contribution in [0, 0.1) is 0 Å². The Hall–Kier alpha value is -3.89. The number of aliphatic hydroxyl groups is 1. The van der Waals surface area contributed by atoms with E-state index in [1.165, 1.54) is 7.11 Å². The molecule has 0 aliphatic heterocycles. The van der Waals surface area contributed by atoms with Crippen molar-refractivity contribution in [3.05, 3.63) is 65.7 Å². The van der Waals surface area contributed by atoms with E-state index < -0.39 is 11.6 Å². The number of aromatic amines is 1. The van der Waals surface area contributed by atoms with Crippen molar-refractivity contribution in [3.8, 4) is 28.2 Å². The number of H-pyrrole nitrogens is 1. The summed E-state index contributed by atoms with van der Waals surface area (Å²) in [7, 11) is 1.30. The Morgan fingerprint density at radius 3 is 2.43 bits per heavy atom. The van der Waals surface area contributed by atoms with E-state index in [4.69, 9.17) is 9.47 Å². The van der Waals surface area contributed by atoms with Crippen molar-refractivity contribution < 1.29 is 19.4 Å². The second-order valence-electron chi connectivity index (χ2n) is 8.49. The number of imidazole rings is 1. The zero-order chi connectivity index (χ0) is 25.0. The SMILES string of the molecule is CCCOCc1nc(C(C)(C)O)c(C(=O)OC)n1-c1ccc(-c2ccccc2-c2nn[nH]n2)cc1. The molecule has 2 N–H and O–H groups in total. The second-order valence-corrected chi connectivity index (χ2v) is 8.49. The Balaban J connectivity index is 1.82. The minimum Gasteiger partial charge on any atom is -0.464 e. The summed E-state index contributed by atoms with van der Waals surface area (Å²) < 4.78 is 12.5. The van der Waals surface area contributed by atoms with Gasteiger partial charge in [-0.3, -0.25) is 4.57 Å². The van der Waals surface area contributed by atoms with Crippen LogP contribution >= 0.6 is 0 Å². The molecule has 10 heteroatoms. The fourth-order valence-electron chi connectivity index (χ4n) is 3.86. The molecule has 0 fully saturated rings. The molecule has 0 aliphatic carbocycles. The van der Waals surface area contributed by atoms with Gasteiger partial charge in [0.25, 0.3) is 0 Å². The summed E-state index contributed by atoms with van der Waals surface area (Å²) >= 11 is 0. The van der Waals surface area contributed by atoms with E-state index in [1.54, 1.807) is 18.4 Å². The van der Waals surface area contributed by atoms with Gasteiger partial charge in [0.2, 0.25) is 5.82 Å². The Bertz CT molecular complexity index is 1290. The first-order valence-electron chi connectivity index (χ1n) is 11.3. The summed E-state index contributed by atoms with van der Waals surface area (Å²) in [5.41, 5.74) is 2.41. The third-order valence-electron chi connectivity index (χ3n) is 5.43. The number of carbonyl (C=O) groups is 1. The molecule has 0 spiro atoms. The summed E-state index contributed by atoms with van der Waals surface area (Å²) in [5, 5.41) is 25.1. The molecule has 10 nitrogen and oxygen atoms in total. The van der Waals surface area contributed by atoms with Gasteiger partial charge in [-0.2, -0.15) is 5.21 Å². The van der Waals surface area contributed by atoms with Crippen LogP contribution in [-0.4, -0.2) is 55.0 Å². The Morgan fingerprint density at radius 1 is 1.11 bits per heavy atom. The van der Waals surface area contributed by atoms with Crippen molar-refractivity contribution in [1.82, 2.24) is 30.2 Å². The smallest absolute Gasteiger partial charge is 0.357 e. The number of methoxy groups -OCH3 is 1. The van der Waals surface area contributed by atoms with Gasteiger partial charge in [-0.1, -0.05) is 43.3 Å². The number of nitrogens with one attached hydrogen (secondary N) is 1. The molecule has 0 saturated heterocycles. The normalized spacial score (nSPS) is 11.6. The lowest BCUT2D eigenvalue weighted by molar-refractivity contribution is 0.0535. The van der Waals surface area contributed by atoms with Gasteiger partial charge in [0.1, 0.15) is 23.7 Å². The van der Waals surface area contributed by atoms with Crippen LogP contribution in [0.15, 0.2) is 48.5 Å². The molecule has 35 heavy (non-hydrogen) atoms. The van der Waals surface area contributed by atoms with Gasteiger partial charge in [0, 0.05) is 17.9 Å². The van der Waals surface area contributed by atoms with Crippen molar-refractivity contribution in [2.24, 2.45) is 0 Å². The highest BCUT2D eigenvalue weighted by Crippen LogP contribution is 2.32. The van der Waals surface area contributed by atoms with Crippen LogP contribution < -0.4 is 0 Å². The molecule has 2 heterocycles. The summed E-state index contributed by atoms with van der Waals surface area (Å²) in [6.07, 6.45) is 0.845. The monoisotopic (exact) mass is 476 g/mol. The molecule has 0 saturated carbocycles. The first-order valence-corrected chi connectivity index (χ1v) is 11.3. The molecule has 182 valence electrons. The molecule has 0 bridgehead atoms. The molecule has 2 aromatic heterocycles. The van der Waals surface area contributed by atoms with Crippen LogP contribution in [0.5, 0.6) is 0 Å². The number of tetrazole rings is 1. The van der Waals surface area contributed by atoms with E-state index in [-0.39, 0.29) is 18.0 Å². The van der Waals surface area contributed by atoms with Gasteiger partial charge < -0.3 is 14.6 Å². The number of nitrogens with zero attached hydrogens (tertiary/aromatic N) is 5. The van der Waals surface area contributed by atoms with Gasteiger partial charge in [0.05, 0.1) is 7.11 Å². The lowest BCUT2D eigenvalue weighted by Gasteiger charge is -2.17. The average Bonchev–Trinajstić information content (AvgIpc) is 3.52. The number of carbonyl (C=O) groups excluding carboxylic acids is 1. The summed E-state index contributed by atoms with van der Waals surface area (Å²) in [6.45, 7) is 5.90. The van der Waals surface area contributed by atoms with Crippen LogP contribution in [0.2, 0.25) is 0 Å². The number of esters is 1. The molecule has 0 aliphatic rings.